The molecule has 1 aromatic heterocycles. The molecule has 0 aliphatic heterocycles. The zero-order valence-corrected chi connectivity index (χ0v) is 11.2. The maximum Gasteiger partial charge on any atom is 0.326 e. The minimum Gasteiger partial charge on any atom is -0.480 e. The average molecular weight is 269 g/mol. The Balaban J connectivity index is 2.51. The summed E-state index contributed by atoms with van der Waals surface area (Å²) in [6, 6.07) is -1.82. The number of nitrogens with zero attached hydrogens (tertiary/aromatic N) is 2. The van der Waals surface area contributed by atoms with Crippen LogP contribution in [0.3, 0.4) is 0 Å². The number of hydrogen-bond acceptors (Lipinski definition) is 4. The largest absolute Gasteiger partial charge is 0.480 e. The van der Waals surface area contributed by atoms with E-state index in [-0.39, 0.29) is 12.0 Å². The van der Waals surface area contributed by atoms with Crippen molar-refractivity contribution in [2.24, 2.45) is 5.92 Å². The van der Waals surface area contributed by atoms with E-state index in [0.29, 0.717) is 12.2 Å². The molecule has 0 aromatic carbocycles. The summed E-state index contributed by atoms with van der Waals surface area (Å²) in [5.74, 6) is -0.366. The maximum absolute atomic E-state index is 11.7. The van der Waals surface area contributed by atoms with Crippen LogP contribution in [-0.4, -0.2) is 38.3 Å². The number of aromatic amines is 1. The molecule has 1 heterocycles. The summed E-state index contributed by atoms with van der Waals surface area (Å²) >= 11 is 0. The maximum atomic E-state index is 11.7. The van der Waals surface area contributed by atoms with Crippen LogP contribution in [0.25, 0.3) is 0 Å². The van der Waals surface area contributed by atoms with Crippen LogP contribution in [0.15, 0.2) is 6.33 Å². The Hall–Kier alpha value is -2.12. The first-order chi connectivity index (χ1) is 8.90. The van der Waals surface area contributed by atoms with Crippen LogP contribution < -0.4 is 10.6 Å². The quantitative estimate of drug-likeness (QED) is 0.604. The second-order valence-electron chi connectivity index (χ2n) is 4.73. The summed E-state index contributed by atoms with van der Waals surface area (Å²) in [4.78, 5) is 26.6. The van der Waals surface area contributed by atoms with E-state index in [4.69, 9.17) is 5.11 Å². The molecule has 1 unspecified atom stereocenters. The van der Waals surface area contributed by atoms with Crippen LogP contribution >= 0.6 is 0 Å². The molecule has 4 N–H and O–H groups in total. The number of carbonyl (C=O) groups is 2. The molecule has 0 bridgehead atoms. The van der Waals surface area contributed by atoms with Gasteiger partial charge in [-0.15, -0.1) is 0 Å². The van der Waals surface area contributed by atoms with Crippen molar-refractivity contribution in [3.05, 3.63) is 12.2 Å². The Kier molecular flexibility index (Phi) is 5.28. The molecule has 2 atom stereocenters. The average Bonchev–Trinajstić information content (AvgIpc) is 2.80. The zero-order valence-electron chi connectivity index (χ0n) is 11.2. The molecular weight excluding hydrogens is 250 g/mol. The molecule has 8 nitrogen and oxygen atoms in total. The van der Waals surface area contributed by atoms with Gasteiger partial charge in [-0.05, 0) is 19.3 Å². The summed E-state index contributed by atoms with van der Waals surface area (Å²) in [7, 11) is 0. The Morgan fingerprint density at radius 3 is 2.53 bits per heavy atom. The lowest BCUT2D eigenvalue weighted by Crippen LogP contribution is -2.47. The summed E-state index contributed by atoms with van der Waals surface area (Å²) in [5, 5.41) is 20.3. The van der Waals surface area contributed by atoms with Gasteiger partial charge in [0.2, 0.25) is 0 Å². The van der Waals surface area contributed by atoms with E-state index < -0.39 is 18.0 Å². The van der Waals surface area contributed by atoms with E-state index in [1.165, 1.54) is 6.33 Å². The van der Waals surface area contributed by atoms with Crippen LogP contribution in [0.1, 0.15) is 39.1 Å². The third-order valence-corrected chi connectivity index (χ3v) is 2.50. The molecule has 0 saturated carbocycles. The smallest absolute Gasteiger partial charge is 0.326 e. The van der Waals surface area contributed by atoms with Crippen molar-refractivity contribution >= 4 is 12.0 Å². The highest BCUT2D eigenvalue weighted by Crippen LogP contribution is 2.06. The summed E-state index contributed by atoms with van der Waals surface area (Å²) in [6.07, 6.45) is 1.71. The number of hydrogen-bond donors (Lipinski definition) is 4. The van der Waals surface area contributed by atoms with Crippen molar-refractivity contribution in [2.45, 2.75) is 39.3 Å². The molecular formula is C11H19N5O3. The highest BCUT2D eigenvalue weighted by atomic mass is 16.4. The second kappa shape index (κ2) is 6.72. The van der Waals surface area contributed by atoms with Gasteiger partial charge >= 0.3 is 12.0 Å². The van der Waals surface area contributed by atoms with Crippen molar-refractivity contribution < 1.29 is 14.7 Å². The number of rotatable bonds is 6. The third kappa shape index (κ3) is 4.94. The standard InChI is InChI=1S/C11H19N5O3/c1-6(2)4-8(10(17)18)15-11(19)14-7(3)9-12-5-13-16-9/h5-8H,4H2,1-3H3,(H,17,18)(H,12,13,16)(H2,14,15,19)/t7?,8-/m0/s1. The fourth-order valence-electron chi connectivity index (χ4n) is 1.58. The van der Waals surface area contributed by atoms with E-state index in [0.717, 1.165) is 0 Å². The van der Waals surface area contributed by atoms with E-state index in [2.05, 4.69) is 25.8 Å². The normalized spacial score (nSPS) is 13.9. The van der Waals surface area contributed by atoms with Gasteiger partial charge in [-0.2, -0.15) is 5.10 Å². The predicted molar refractivity (Wildman–Crippen MR) is 67.3 cm³/mol. The van der Waals surface area contributed by atoms with Crippen molar-refractivity contribution in [1.82, 2.24) is 25.8 Å². The monoisotopic (exact) mass is 269 g/mol. The molecule has 1 aromatic rings. The summed E-state index contributed by atoms with van der Waals surface area (Å²) in [6.45, 7) is 5.51. The van der Waals surface area contributed by atoms with Crippen molar-refractivity contribution in [1.29, 1.82) is 0 Å². The van der Waals surface area contributed by atoms with Gasteiger partial charge < -0.3 is 15.7 Å². The number of aromatic nitrogens is 3. The highest BCUT2D eigenvalue weighted by Gasteiger charge is 2.22. The SMILES string of the molecule is CC(C)C[C@H](NC(=O)NC(C)c1ncn[nH]1)C(=O)O. The number of urea groups is 1. The number of H-pyrrole nitrogens is 1. The van der Waals surface area contributed by atoms with Crippen molar-refractivity contribution in [3.8, 4) is 0 Å². The van der Waals surface area contributed by atoms with Gasteiger partial charge in [0.05, 0.1) is 6.04 Å². The van der Waals surface area contributed by atoms with Gasteiger partial charge in [0, 0.05) is 0 Å². The molecule has 2 amide bonds. The van der Waals surface area contributed by atoms with Gasteiger partial charge in [-0.1, -0.05) is 13.8 Å². The summed E-state index contributed by atoms with van der Waals surface area (Å²) in [5.41, 5.74) is 0. The van der Waals surface area contributed by atoms with E-state index in [1.54, 1.807) is 6.92 Å². The van der Waals surface area contributed by atoms with Crippen LogP contribution in [-0.2, 0) is 4.79 Å². The molecule has 0 spiro atoms. The first-order valence-electron chi connectivity index (χ1n) is 6.05. The Morgan fingerprint density at radius 1 is 1.37 bits per heavy atom. The lowest BCUT2D eigenvalue weighted by atomic mass is 10.0. The number of carbonyl (C=O) groups excluding carboxylic acids is 1. The predicted octanol–water partition coefficient (Wildman–Crippen LogP) is 0.664. The molecule has 0 aliphatic carbocycles. The third-order valence-electron chi connectivity index (χ3n) is 2.50. The Bertz CT molecular complexity index is 418. The first kappa shape index (κ1) is 14.9. The summed E-state index contributed by atoms with van der Waals surface area (Å²) < 4.78 is 0. The van der Waals surface area contributed by atoms with E-state index in [1.807, 2.05) is 13.8 Å². The fourth-order valence-corrected chi connectivity index (χ4v) is 1.58. The van der Waals surface area contributed by atoms with Gasteiger partial charge in [-0.25, -0.2) is 14.6 Å². The molecule has 0 aliphatic rings. The number of carboxylic acids is 1. The first-order valence-corrected chi connectivity index (χ1v) is 6.05. The minimum atomic E-state index is -1.05. The molecule has 1 rings (SSSR count). The Morgan fingerprint density at radius 2 is 2.05 bits per heavy atom. The topological polar surface area (TPSA) is 120 Å². The van der Waals surface area contributed by atoms with Crippen LogP contribution in [0.4, 0.5) is 4.79 Å². The second-order valence-corrected chi connectivity index (χ2v) is 4.73. The number of nitrogens with one attached hydrogen (secondary N) is 3. The van der Waals surface area contributed by atoms with Gasteiger partial charge in [0.1, 0.15) is 18.2 Å². The number of amides is 2. The highest BCUT2D eigenvalue weighted by molar-refractivity contribution is 5.82. The molecule has 8 heteroatoms. The lowest BCUT2D eigenvalue weighted by molar-refractivity contribution is -0.139. The molecule has 0 radical (unpaired) electrons. The van der Waals surface area contributed by atoms with Crippen molar-refractivity contribution in [3.63, 3.8) is 0 Å². The van der Waals surface area contributed by atoms with Gasteiger partial charge in [0.25, 0.3) is 0 Å². The number of aliphatic carboxylic acids is 1. The van der Waals surface area contributed by atoms with Crippen LogP contribution in [0.2, 0.25) is 0 Å². The van der Waals surface area contributed by atoms with Crippen LogP contribution in [0.5, 0.6) is 0 Å². The van der Waals surface area contributed by atoms with Crippen LogP contribution in [0, 0.1) is 5.92 Å². The molecule has 0 fully saturated rings. The van der Waals surface area contributed by atoms with Crippen molar-refractivity contribution in [2.75, 3.05) is 0 Å². The lowest BCUT2D eigenvalue weighted by Gasteiger charge is -2.18. The fraction of sp³-hybridized carbons (Fsp3) is 0.636. The van der Waals surface area contributed by atoms with E-state index in [9.17, 15) is 9.59 Å². The van der Waals surface area contributed by atoms with Gasteiger partial charge in [-0.3, -0.25) is 5.10 Å². The number of carboxylic acid groups (broad SMARTS) is 1. The minimum absolute atomic E-state index is 0.174. The zero-order chi connectivity index (χ0) is 14.4. The molecule has 106 valence electrons. The molecule has 19 heavy (non-hydrogen) atoms. The molecule has 0 saturated heterocycles. The Labute approximate surface area is 111 Å². The van der Waals surface area contributed by atoms with Gasteiger partial charge in [0.15, 0.2) is 0 Å². The van der Waals surface area contributed by atoms with E-state index >= 15 is 0 Å².